The number of aromatic nitrogens is 3. The second-order valence-corrected chi connectivity index (χ2v) is 3.72. The van der Waals surface area contributed by atoms with Crippen LogP contribution < -0.4 is 11.4 Å². The maximum atomic E-state index is 11.8. The van der Waals surface area contributed by atoms with Gasteiger partial charge in [-0.3, -0.25) is 9.98 Å². The van der Waals surface area contributed by atoms with Crippen molar-refractivity contribution in [1.82, 2.24) is 14.3 Å². The molecule has 6 nitrogen and oxygen atoms in total. The van der Waals surface area contributed by atoms with Gasteiger partial charge in [-0.2, -0.15) is 0 Å². The van der Waals surface area contributed by atoms with Gasteiger partial charge in [-0.15, -0.1) is 5.10 Å². The predicted molar refractivity (Wildman–Crippen MR) is 64.0 cm³/mol. The van der Waals surface area contributed by atoms with E-state index in [9.17, 15) is 4.79 Å². The number of hydrogen-bond acceptors (Lipinski definition) is 3. The van der Waals surface area contributed by atoms with E-state index in [1.807, 2.05) is 30.3 Å². The van der Waals surface area contributed by atoms with E-state index in [4.69, 9.17) is 11.1 Å². The van der Waals surface area contributed by atoms with Crippen LogP contribution in [0.1, 0.15) is 11.4 Å². The molecule has 0 aliphatic heterocycles. The van der Waals surface area contributed by atoms with Gasteiger partial charge < -0.3 is 5.73 Å². The molecule has 0 amide bonds. The van der Waals surface area contributed by atoms with Crippen molar-refractivity contribution in [3.8, 4) is 0 Å². The topological polar surface area (TPSA) is 89.7 Å². The average Bonchev–Trinajstić information content (AvgIpc) is 2.59. The molecule has 0 saturated carbocycles. The standard InChI is InChI=1S/C11H13N5O/c1-15-10(9(12)13)14-16(11(15)17)7-8-5-3-2-4-6-8/h2-6H,7H2,1H3,(H3,12,13). The summed E-state index contributed by atoms with van der Waals surface area (Å²) in [6.07, 6.45) is 0. The van der Waals surface area contributed by atoms with Gasteiger partial charge in [0.15, 0.2) is 11.7 Å². The molecule has 0 atom stereocenters. The van der Waals surface area contributed by atoms with Crippen LogP contribution in [0.2, 0.25) is 0 Å². The molecule has 0 fully saturated rings. The number of nitrogens with zero attached hydrogens (tertiary/aromatic N) is 3. The van der Waals surface area contributed by atoms with Crippen molar-refractivity contribution >= 4 is 5.84 Å². The molecule has 1 aromatic heterocycles. The van der Waals surface area contributed by atoms with E-state index in [-0.39, 0.29) is 17.3 Å². The molecule has 0 aliphatic rings. The van der Waals surface area contributed by atoms with Gasteiger partial charge in [0, 0.05) is 7.05 Å². The van der Waals surface area contributed by atoms with Crippen LogP contribution in [0.4, 0.5) is 0 Å². The fourth-order valence-corrected chi connectivity index (χ4v) is 1.58. The van der Waals surface area contributed by atoms with Crippen molar-refractivity contribution < 1.29 is 0 Å². The molecule has 88 valence electrons. The van der Waals surface area contributed by atoms with Crippen molar-refractivity contribution in [3.63, 3.8) is 0 Å². The number of hydrogen-bond donors (Lipinski definition) is 2. The molecule has 0 radical (unpaired) electrons. The molecule has 0 unspecified atom stereocenters. The van der Waals surface area contributed by atoms with Crippen molar-refractivity contribution in [3.05, 3.63) is 52.2 Å². The molecular weight excluding hydrogens is 218 g/mol. The number of nitrogens with one attached hydrogen (secondary N) is 1. The Bertz CT molecular complexity index is 596. The summed E-state index contributed by atoms with van der Waals surface area (Å²) >= 11 is 0. The van der Waals surface area contributed by atoms with Crippen LogP contribution >= 0.6 is 0 Å². The van der Waals surface area contributed by atoms with E-state index in [0.29, 0.717) is 6.54 Å². The highest BCUT2D eigenvalue weighted by molar-refractivity contribution is 5.91. The van der Waals surface area contributed by atoms with Gasteiger partial charge in [-0.1, -0.05) is 30.3 Å². The third kappa shape index (κ3) is 2.10. The summed E-state index contributed by atoms with van der Waals surface area (Å²) in [7, 11) is 1.55. The van der Waals surface area contributed by atoms with Gasteiger partial charge in [0.2, 0.25) is 0 Å². The minimum Gasteiger partial charge on any atom is -0.381 e. The third-order valence-electron chi connectivity index (χ3n) is 2.46. The maximum Gasteiger partial charge on any atom is 0.346 e. The fourth-order valence-electron chi connectivity index (χ4n) is 1.58. The first-order valence-corrected chi connectivity index (χ1v) is 5.11. The summed E-state index contributed by atoms with van der Waals surface area (Å²) in [4.78, 5) is 11.8. The Morgan fingerprint density at radius 1 is 1.41 bits per heavy atom. The van der Waals surface area contributed by atoms with E-state index in [0.717, 1.165) is 5.56 Å². The zero-order chi connectivity index (χ0) is 12.4. The van der Waals surface area contributed by atoms with E-state index in [2.05, 4.69) is 5.10 Å². The number of nitrogens with two attached hydrogens (primary N) is 1. The molecule has 1 heterocycles. The lowest BCUT2D eigenvalue weighted by molar-refractivity contribution is 0.646. The highest BCUT2D eigenvalue weighted by Gasteiger charge is 2.12. The summed E-state index contributed by atoms with van der Waals surface area (Å²) in [5.74, 6) is -0.0256. The lowest BCUT2D eigenvalue weighted by Crippen LogP contribution is -2.25. The minimum absolute atomic E-state index is 0.186. The number of nitrogen functional groups attached to an aromatic ring is 1. The second kappa shape index (κ2) is 4.25. The average molecular weight is 231 g/mol. The molecule has 6 heteroatoms. The highest BCUT2D eigenvalue weighted by Crippen LogP contribution is 2.00. The van der Waals surface area contributed by atoms with Crippen molar-refractivity contribution in [1.29, 1.82) is 5.41 Å². The largest absolute Gasteiger partial charge is 0.381 e. The summed E-state index contributed by atoms with van der Waals surface area (Å²) in [5.41, 5.74) is 6.03. The van der Waals surface area contributed by atoms with Crippen molar-refractivity contribution in [2.75, 3.05) is 0 Å². The van der Waals surface area contributed by atoms with E-state index in [1.165, 1.54) is 9.25 Å². The van der Waals surface area contributed by atoms with Gasteiger partial charge in [0.05, 0.1) is 6.54 Å². The van der Waals surface area contributed by atoms with Gasteiger partial charge in [0.25, 0.3) is 0 Å². The van der Waals surface area contributed by atoms with E-state index in [1.54, 1.807) is 7.05 Å². The lowest BCUT2D eigenvalue weighted by atomic mass is 10.2. The zero-order valence-electron chi connectivity index (χ0n) is 9.42. The Morgan fingerprint density at radius 2 is 2.06 bits per heavy atom. The maximum absolute atomic E-state index is 11.8. The first-order chi connectivity index (χ1) is 8.09. The zero-order valence-corrected chi connectivity index (χ0v) is 9.42. The molecule has 0 aliphatic carbocycles. The number of amidine groups is 1. The molecule has 2 rings (SSSR count). The molecular formula is C11H13N5O. The Labute approximate surface area is 97.8 Å². The van der Waals surface area contributed by atoms with Gasteiger partial charge in [-0.05, 0) is 5.56 Å². The number of benzene rings is 1. The summed E-state index contributed by atoms with van der Waals surface area (Å²) in [6.45, 7) is 0.376. The van der Waals surface area contributed by atoms with Crippen LogP contribution in [-0.4, -0.2) is 20.2 Å². The third-order valence-corrected chi connectivity index (χ3v) is 2.46. The van der Waals surface area contributed by atoms with Crippen LogP contribution in [0.25, 0.3) is 0 Å². The Morgan fingerprint density at radius 3 is 2.59 bits per heavy atom. The monoisotopic (exact) mass is 231 g/mol. The summed E-state index contributed by atoms with van der Waals surface area (Å²) in [6, 6.07) is 9.53. The Balaban J connectivity index is 2.38. The summed E-state index contributed by atoms with van der Waals surface area (Å²) < 4.78 is 2.57. The predicted octanol–water partition coefficient (Wildman–Crippen LogP) is -0.0858. The van der Waals surface area contributed by atoms with E-state index >= 15 is 0 Å². The molecule has 1 aromatic carbocycles. The fraction of sp³-hybridized carbons (Fsp3) is 0.182. The van der Waals surface area contributed by atoms with Crippen molar-refractivity contribution in [2.24, 2.45) is 12.8 Å². The second-order valence-electron chi connectivity index (χ2n) is 3.72. The smallest absolute Gasteiger partial charge is 0.346 e. The highest BCUT2D eigenvalue weighted by atomic mass is 16.2. The molecule has 0 spiro atoms. The van der Waals surface area contributed by atoms with Crippen LogP contribution in [0, 0.1) is 5.41 Å². The van der Waals surface area contributed by atoms with Crippen LogP contribution in [0.15, 0.2) is 35.1 Å². The van der Waals surface area contributed by atoms with Gasteiger partial charge in [-0.25, -0.2) is 9.48 Å². The molecule has 0 bridgehead atoms. The first kappa shape index (κ1) is 11.1. The molecule has 17 heavy (non-hydrogen) atoms. The van der Waals surface area contributed by atoms with Crippen molar-refractivity contribution in [2.45, 2.75) is 6.54 Å². The quantitative estimate of drug-likeness (QED) is 0.571. The Hall–Kier alpha value is -2.37. The van der Waals surface area contributed by atoms with Gasteiger partial charge >= 0.3 is 5.69 Å². The minimum atomic E-state index is -0.279. The van der Waals surface area contributed by atoms with Crippen LogP contribution in [0.3, 0.4) is 0 Å². The Kier molecular flexibility index (Phi) is 2.78. The number of rotatable bonds is 3. The van der Waals surface area contributed by atoms with E-state index < -0.39 is 0 Å². The molecule has 2 aromatic rings. The SMILES string of the molecule is Cn1c(C(=N)N)nn(Cc2ccccc2)c1=O. The normalized spacial score (nSPS) is 10.4. The first-order valence-electron chi connectivity index (χ1n) is 5.11. The van der Waals surface area contributed by atoms with Gasteiger partial charge in [0.1, 0.15) is 0 Å². The summed E-state index contributed by atoms with van der Waals surface area (Å²) in [5, 5.41) is 11.3. The van der Waals surface area contributed by atoms with Crippen LogP contribution in [0.5, 0.6) is 0 Å². The molecule has 3 N–H and O–H groups in total. The van der Waals surface area contributed by atoms with Crippen LogP contribution in [-0.2, 0) is 13.6 Å². The molecule has 0 saturated heterocycles. The lowest BCUT2D eigenvalue weighted by Gasteiger charge is -1.98.